The van der Waals surface area contributed by atoms with Gasteiger partial charge in [0.1, 0.15) is 5.67 Å². The second kappa shape index (κ2) is 9.13. The van der Waals surface area contributed by atoms with Crippen molar-refractivity contribution in [1.82, 2.24) is 5.32 Å². The van der Waals surface area contributed by atoms with E-state index >= 15 is 0 Å². The van der Waals surface area contributed by atoms with Gasteiger partial charge in [-0.25, -0.2) is 4.39 Å². The summed E-state index contributed by atoms with van der Waals surface area (Å²) in [5.74, 6) is 0. The van der Waals surface area contributed by atoms with Gasteiger partial charge in [0.15, 0.2) is 0 Å². The van der Waals surface area contributed by atoms with Gasteiger partial charge in [0, 0.05) is 28.4 Å². The van der Waals surface area contributed by atoms with Gasteiger partial charge in [-0.3, -0.25) is 0 Å². The van der Waals surface area contributed by atoms with Crippen LogP contribution in [0.5, 0.6) is 0 Å². The Morgan fingerprint density at radius 3 is 2.25 bits per heavy atom. The minimum Gasteiger partial charge on any atom is -0.405 e. The number of allylic oxidation sites excluding steroid dienone is 4. The monoisotopic (exact) mass is 382 g/mol. The zero-order valence-corrected chi connectivity index (χ0v) is 17.2. The molecule has 28 heavy (non-hydrogen) atoms. The minimum absolute atomic E-state index is 0.405. The van der Waals surface area contributed by atoms with Crippen molar-refractivity contribution in [3.05, 3.63) is 95.5 Å². The van der Waals surface area contributed by atoms with Crippen LogP contribution in [0.4, 0.5) is 4.39 Å². The number of hydrogen-bond donors (Lipinski definition) is 4. The van der Waals surface area contributed by atoms with Gasteiger partial charge < -0.3 is 22.5 Å². The lowest BCUT2D eigenvalue weighted by atomic mass is 9.98. The van der Waals surface area contributed by atoms with Gasteiger partial charge in [-0.15, -0.1) is 0 Å². The van der Waals surface area contributed by atoms with Crippen molar-refractivity contribution in [1.29, 1.82) is 0 Å². The molecule has 0 bridgehead atoms. The van der Waals surface area contributed by atoms with Gasteiger partial charge in [-0.05, 0) is 74.4 Å². The molecule has 7 N–H and O–H groups in total. The summed E-state index contributed by atoms with van der Waals surface area (Å²) in [4.78, 5) is 0. The molecule has 0 aliphatic carbocycles. The predicted octanol–water partition coefficient (Wildman–Crippen LogP) is 4.38. The minimum atomic E-state index is -1.55. The average molecular weight is 383 g/mol. The third-order valence-electron chi connectivity index (χ3n) is 4.35. The molecule has 1 rings (SSSR count). The normalized spacial score (nSPS) is 13.2. The Bertz CT molecular complexity index is 880. The highest BCUT2D eigenvalue weighted by molar-refractivity contribution is 5.74. The van der Waals surface area contributed by atoms with Crippen molar-refractivity contribution >= 4 is 11.4 Å². The van der Waals surface area contributed by atoms with E-state index in [1.165, 1.54) is 26.1 Å². The summed E-state index contributed by atoms with van der Waals surface area (Å²) in [7, 11) is 0. The van der Waals surface area contributed by atoms with E-state index in [2.05, 4.69) is 25.1 Å². The highest BCUT2D eigenvalue weighted by Gasteiger charge is 2.20. The summed E-state index contributed by atoms with van der Waals surface area (Å²) in [6, 6.07) is 5.76. The highest BCUT2D eigenvalue weighted by Crippen LogP contribution is 2.25. The first-order chi connectivity index (χ1) is 12.9. The van der Waals surface area contributed by atoms with Gasteiger partial charge in [0.2, 0.25) is 0 Å². The summed E-state index contributed by atoms with van der Waals surface area (Å²) >= 11 is 0. The smallest absolute Gasteiger partial charge is 0.130 e. The van der Waals surface area contributed by atoms with Gasteiger partial charge in [-0.1, -0.05) is 31.9 Å². The molecule has 0 spiro atoms. The molecule has 0 radical (unpaired) electrons. The van der Waals surface area contributed by atoms with Crippen molar-refractivity contribution < 1.29 is 4.39 Å². The molecule has 0 heterocycles. The molecule has 0 aliphatic rings. The van der Waals surface area contributed by atoms with E-state index in [0.29, 0.717) is 28.4 Å². The Hall–Kier alpha value is -3.21. The van der Waals surface area contributed by atoms with E-state index in [4.69, 9.17) is 17.2 Å². The van der Waals surface area contributed by atoms with Gasteiger partial charge in [0.25, 0.3) is 0 Å². The maximum atomic E-state index is 14.3. The second-order valence-corrected chi connectivity index (χ2v) is 7.15. The molecule has 0 aromatic heterocycles. The number of rotatable bonds is 8. The Morgan fingerprint density at radius 2 is 1.79 bits per heavy atom. The summed E-state index contributed by atoms with van der Waals surface area (Å²) in [5, 5.41) is 3.09. The number of aryl methyl sites for hydroxylation is 1. The van der Waals surface area contributed by atoms with Crippen LogP contribution in [0, 0.1) is 6.92 Å². The summed E-state index contributed by atoms with van der Waals surface area (Å²) in [6.07, 6.45) is 4.41. The van der Waals surface area contributed by atoms with Crippen molar-refractivity contribution in [2.24, 2.45) is 17.2 Å². The molecule has 5 heteroatoms. The number of hydrogen-bond acceptors (Lipinski definition) is 4. The summed E-state index contributed by atoms with van der Waals surface area (Å²) < 4.78 is 14.3. The molecule has 150 valence electrons. The third kappa shape index (κ3) is 5.91. The number of nitrogens with two attached hydrogens (primary N) is 3. The fourth-order valence-electron chi connectivity index (χ4n) is 2.54. The van der Waals surface area contributed by atoms with Crippen LogP contribution < -0.4 is 22.5 Å². The van der Waals surface area contributed by atoms with Crippen molar-refractivity contribution in [2.75, 3.05) is 0 Å². The molecule has 0 saturated carbocycles. The van der Waals surface area contributed by atoms with Crippen LogP contribution in [0.2, 0.25) is 0 Å². The molecule has 0 unspecified atom stereocenters. The topological polar surface area (TPSA) is 90.1 Å². The van der Waals surface area contributed by atoms with E-state index in [9.17, 15) is 4.39 Å². The number of alkyl halides is 1. The molecule has 1 aromatic rings. The number of nitrogens with one attached hydrogen (secondary N) is 1. The lowest BCUT2D eigenvalue weighted by molar-refractivity contribution is 0.274. The Kier molecular flexibility index (Phi) is 7.44. The van der Waals surface area contributed by atoms with Crippen LogP contribution >= 0.6 is 0 Å². The molecule has 0 fully saturated rings. The lowest BCUT2D eigenvalue weighted by Crippen LogP contribution is -2.17. The molecule has 4 nitrogen and oxygen atoms in total. The van der Waals surface area contributed by atoms with E-state index in [-0.39, 0.29) is 0 Å². The molecule has 0 amide bonds. The van der Waals surface area contributed by atoms with E-state index in [1.807, 2.05) is 32.0 Å². The highest BCUT2D eigenvalue weighted by atomic mass is 19.1. The Balaban J connectivity index is 3.09. The molecule has 1 aromatic carbocycles. The fourth-order valence-corrected chi connectivity index (χ4v) is 2.54. The molecule has 0 atom stereocenters. The molecule has 0 aliphatic heterocycles. The molecule has 0 saturated heterocycles. The zero-order valence-electron chi connectivity index (χ0n) is 17.2. The maximum absolute atomic E-state index is 14.3. The van der Waals surface area contributed by atoms with Gasteiger partial charge in [-0.2, -0.15) is 0 Å². The largest absolute Gasteiger partial charge is 0.405 e. The second-order valence-electron chi connectivity index (χ2n) is 7.15. The first-order valence-electron chi connectivity index (χ1n) is 8.85. The number of benzene rings is 1. The van der Waals surface area contributed by atoms with E-state index in [0.717, 1.165) is 22.3 Å². The summed E-state index contributed by atoms with van der Waals surface area (Å²) in [5.41, 5.74) is 21.8. The van der Waals surface area contributed by atoms with E-state index in [1.54, 1.807) is 6.08 Å². The Morgan fingerprint density at radius 1 is 1.18 bits per heavy atom. The number of halogens is 1. The van der Waals surface area contributed by atoms with Gasteiger partial charge in [0.05, 0.1) is 0 Å². The third-order valence-corrected chi connectivity index (χ3v) is 4.35. The quantitative estimate of drug-likeness (QED) is 0.502. The first-order valence-corrected chi connectivity index (χ1v) is 8.85. The average Bonchev–Trinajstić information content (AvgIpc) is 2.58. The maximum Gasteiger partial charge on any atom is 0.130 e. The van der Waals surface area contributed by atoms with Crippen molar-refractivity contribution in [3.63, 3.8) is 0 Å². The van der Waals surface area contributed by atoms with Crippen molar-refractivity contribution in [3.8, 4) is 0 Å². The van der Waals surface area contributed by atoms with E-state index < -0.39 is 5.67 Å². The predicted molar refractivity (Wildman–Crippen MR) is 119 cm³/mol. The van der Waals surface area contributed by atoms with Crippen LogP contribution in [0.25, 0.3) is 11.4 Å². The summed E-state index contributed by atoms with van der Waals surface area (Å²) in [6.45, 7) is 18.4. The van der Waals surface area contributed by atoms with Crippen molar-refractivity contribution in [2.45, 2.75) is 33.4 Å². The first kappa shape index (κ1) is 22.8. The standard InChI is InChI=1S/C23H31FN4/c1-14-12-19(8-9-21(14)22(27)16(3)17(4)26)18(5)28-15(2)13-20(10-11-25)23(6,7)24/h8-13,28H,2,4-5,25-27H2,1,3,6-7H3/b11-10-,20-13+,22-16+. The lowest BCUT2D eigenvalue weighted by Gasteiger charge is -2.18. The Labute approximate surface area is 167 Å². The zero-order chi connectivity index (χ0) is 21.6. The van der Waals surface area contributed by atoms with Crippen LogP contribution in [-0.2, 0) is 0 Å². The molecular formula is C23H31FN4. The van der Waals surface area contributed by atoms with Crippen LogP contribution in [-0.4, -0.2) is 5.67 Å². The van der Waals surface area contributed by atoms with Crippen LogP contribution in [0.1, 0.15) is 37.5 Å². The van der Waals surface area contributed by atoms with Gasteiger partial charge >= 0.3 is 0 Å². The fraction of sp³-hybridized carbons (Fsp3) is 0.217. The SMILES string of the molecule is C=C(/C=C(\C=C/N)C(C)(C)F)NC(=C)c1ccc(/C(N)=C(/C)C(=C)N)c(C)c1. The van der Waals surface area contributed by atoms with Crippen LogP contribution in [0.3, 0.4) is 0 Å². The molecular weight excluding hydrogens is 351 g/mol. The van der Waals surface area contributed by atoms with Crippen LogP contribution in [0.15, 0.2) is 78.8 Å².